The number of carbonyl (C=O) groups excluding carboxylic acids is 1. The lowest BCUT2D eigenvalue weighted by atomic mass is 9.97. The summed E-state index contributed by atoms with van der Waals surface area (Å²) in [4.78, 5) is 29.3. The van der Waals surface area contributed by atoms with E-state index in [1.807, 2.05) is 39.0 Å². The first-order valence-corrected chi connectivity index (χ1v) is 9.05. The van der Waals surface area contributed by atoms with E-state index < -0.39 is 5.97 Å². The van der Waals surface area contributed by atoms with Crippen molar-refractivity contribution in [3.05, 3.63) is 53.3 Å². The molecule has 6 nitrogen and oxygen atoms in total. The van der Waals surface area contributed by atoms with E-state index in [-0.39, 0.29) is 18.9 Å². The predicted octanol–water partition coefficient (Wildman–Crippen LogP) is 3.07. The van der Waals surface area contributed by atoms with E-state index in [1.165, 1.54) is 0 Å². The van der Waals surface area contributed by atoms with Crippen LogP contribution in [0.15, 0.2) is 36.7 Å². The highest BCUT2D eigenvalue weighted by Gasteiger charge is 2.15. The van der Waals surface area contributed by atoms with E-state index in [0.29, 0.717) is 25.3 Å². The van der Waals surface area contributed by atoms with Crippen LogP contribution in [0.1, 0.15) is 30.5 Å². The topological polar surface area (TPSA) is 79.7 Å². The normalized spacial score (nSPS) is 10.6. The molecule has 1 N–H and O–H groups in total. The molecule has 0 unspecified atom stereocenters. The van der Waals surface area contributed by atoms with Crippen LogP contribution in [0, 0.1) is 6.92 Å². The van der Waals surface area contributed by atoms with Crippen LogP contribution in [0.3, 0.4) is 0 Å². The largest absolute Gasteiger partial charge is 0.481 e. The third-order valence-corrected chi connectivity index (χ3v) is 4.25. The maximum absolute atomic E-state index is 12.4. The van der Waals surface area contributed by atoms with Gasteiger partial charge in [0, 0.05) is 37.7 Å². The number of benzene rings is 1. The summed E-state index contributed by atoms with van der Waals surface area (Å²) >= 11 is 0. The van der Waals surface area contributed by atoms with Gasteiger partial charge in [0.1, 0.15) is 6.61 Å². The van der Waals surface area contributed by atoms with Crippen molar-refractivity contribution in [2.45, 2.75) is 33.7 Å². The van der Waals surface area contributed by atoms with Crippen molar-refractivity contribution < 1.29 is 19.4 Å². The summed E-state index contributed by atoms with van der Waals surface area (Å²) in [6.07, 6.45) is 3.21. The molecule has 0 spiro atoms. The van der Waals surface area contributed by atoms with Crippen molar-refractivity contribution in [3.63, 3.8) is 0 Å². The smallest absolute Gasteiger partial charge is 0.307 e. The Morgan fingerprint density at radius 2 is 1.96 bits per heavy atom. The third kappa shape index (κ3) is 5.89. The fourth-order valence-electron chi connectivity index (χ4n) is 2.90. The molecular formula is C21H26N2O4. The summed E-state index contributed by atoms with van der Waals surface area (Å²) < 4.78 is 5.25. The van der Waals surface area contributed by atoms with Gasteiger partial charge in [0.25, 0.3) is 0 Å². The summed E-state index contributed by atoms with van der Waals surface area (Å²) in [5, 5.41) is 9.02. The molecule has 0 radical (unpaired) electrons. The lowest BCUT2D eigenvalue weighted by molar-refractivity contribution is -0.137. The highest BCUT2D eigenvalue weighted by Crippen LogP contribution is 2.26. The van der Waals surface area contributed by atoms with E-state index >= 15 is 0 Å². The van der Waals surface area contributed by atoms with Crippen LogP contribution >= 0.6 is 0 Å². The zero-order chi connectivity index (χ0) is 19.8. The maximum Gasteiger partial charge on any atom is 0.307 e. The zero-order valence-electron chi connectivity index (χ0n) is 16.1. The zero-order valence-corrected chi connectivity index (χ0v) is 16.1. The molecule has 6 heteroatoms. The molecule has 2 aromatic rings. The Morgan fingerprint density at radius 3 is 2.63 bits per heavy atom. The maximum atomic E-state index is 12.4. The van der Waals surface area contributed by atoms with Gasteiger partial charge in [0.15, 0.2) is 0 Å². The lowest BCUT2D eigenvalue weighted by Crippen LogP contribution is -2.33. The number of hydrogen-bond donors (Lipinski definition) is 1. The second kappa shape index (κ2) is 9.83. The molecule has 2 rings (SSSR count). The van der Waals surface area contributed by atoms with E-state index in [4.69, 9.17) is 9.84 Å². The molecule has 0 saturated heterocycles. The van der Waals surface area contributed by atoms with Crippen molar-refractivity contribution in [2.75, 3.05) is 19.8 Å². The highest BCUT2D eigenvalue weighted by molar-refractivity contribution is 5.78. The fraction of sp³-hybridized carbons (Fsp3) is 0.381. The number of aryl methyl sites for hydroxylation is 1. The number of carboxylic acids is 1. The number of ether oxygens (including phenoxy) is 1. The molecule has 1 aromatic carbocycles. The Labute approximate surface area is 159 Å². The number of likely N-dealkylation sites (N-methyl/N-ethyl adjacent to an activating group) is 1. The van der Waals surface area contributed by atoms with Crippen LogP contribution in [0.2, 0.25) is 0 Å². The van der Waals surface area contributed by atoms with Gasteiger partial charge in [-0.05, 0) is 43.5 Å². The molecule has 0 bridgehead atoms. The van der Waals surface area contributed by atoms with Crippen molar-refractivity contribution in [2.24, 2.45) is 0 Å². The predicted molar refractivity (Wildman–Crippen MR) is 103 cm³/mol. The SMILES string of the molecule is CCOCC(=O)N(CC)Cc1cc(C)ccc1-c1cncc(CC(=O)O)c1. The summed E-state index contributed by atoms with van der Waals surface area (Å²) in [5.74, 6) is -0.943. The number of amides is 1. The summed E-state index contributed by atoms with van der Waals surface area (Å²) in [7, 11) is 0. The number of carboxylic acid groups (broad SMARTS) is 1. The number of pyridine rings is 1. The van der Waals surface area contributed by atoms with Crippen molar-refractivity contribution in [1.29, 1.82) is 0 Å². The Balaban J connectivity index is 2.34. The van der Waals surface area contributed by atoms with Crippen LogP contribution in [0.5, 0.6) is 0 Å². The fourth-order valence-corrected chi connectivity index (χ4v) is 2.90. The van der Waals surface area contributed by atoms with E-state index in [9.17, 15) is 9.59 Å². The Bertz CT molecular complexity index is 805. The highest BCUT2D eigenvalue weighted by atomic mass is 16.5. The Morgan fingerprint density at radius 1 is 1.19 bits per heavy atom. The van der Waals surface area contributed by atoms with Gasteiger partial charge in [-0.25, -0.2) is 0 Å². The second-order valence-electron chi connectivity index (χ2n) is 6.36. The van der Waals surface area contributed by atoms with Gasteiger partial charge in [0.05, 0.1) is 6.42 Å². The first kappa shape index (κ1) is 20.6. The third-order valence-electron chi connectivity index (χ3n) is 4.25. The molecule has 1 heterocycles. The van der Waals surface area contributed by atoms with Crippen molar-refractivity contribution in [1.82, 2.24) is 9.88 Å². The standard InChI is InChI=1S/C21H26N2O4/c1-4-23(20(24)14-27-5-2)13-18-8-15(3)6-7-19(18)17-9-16(10-21(25)26)11-22-12-17/h6-9,11-12H,4-5,10,13-14H2,1-3H3,(H,25,26). The van der Waals surface area contributed by atoms with E-state index in [0.717, 1.165) is 22.3 Å². The van der Waals surface area contributed by atoms with Crippen LogP contribution in [-0.2, 0) is 27.3 Å². The van der Waals surface area contributed by atoms with Gasteiger partial charge >= 0.3 is 5.97 Å². The summed E-state index contributed by atoms with van der Waals surface area (Å²) in [6, 6.07) is 7.89. The molecule has 0 fully saturated rings. The first-order valence-electron chi connectivity index (χ1n) is 9.05. The molecule has 0 aliphatic carbocycles. The monoisotopic (exact) mass is 370 g/mol. The molecule has 0 saturated carbocycles. The molecule has 1 aromatic heterocycles. The minimum atomic E-state index is -0.892. The van der Waals surface area contributed by atoms with Crippen LogP contribution in [-0.4, -0.2) is 46.6 Å². The summed E-state index contributed by atoms with van der Waals surface area (Å²) in [5.41, 5.74) is 4.53. The average molecular weight is 370 g/mol. The van der Waals surface area contributed by atoms with Crippen LogP contribution < -0.4 is 0 Å². The van der Waals surface area contributed by atoms with Crippen molar-refractivity contribution in [3.8, 4) is 11.1 Å². The minimum absolute atomic E-state index is 0.0513. The molecular weight excluding hydrogens is 344 g/mol. The van der Waals surface area contributed by atoms with Gasteiger partial charge in [-0.2, -0.15) is 0 Å². The number of nitrogens with zero attached hydrogens (tertiary/aromatic N) is 2. The molecule has 0 aliphatic rings. The van der Waals surface area contributed by atoms with Gasteiger partial charge in [-0.1, -0.05) is 23.8 Å². The number of carbonyl (C=O) groups is 2. The quantitative estimate of drug-likeness (QED) is 0.734. The summed E-state index contributed by atoms with van der Waals surface area (Å²) in [6.45, 7) is 7.42. The van der Waals surface area contributed by atoms with Gasteiger partial charge in [0.2, 0.25) is 5.91 Å². The first-order chi connectivity index (χ1) is 12.9. The van der Waals surface area contributed by atoms with Gasteiger partial charge in [-0.15, -0.1) is 0 Å². The lowest BCUT2D eigenvalue weighted by Gasteiger charge is -2.23. The average Bonchev–Trinajstić information content (AvgIpc) is 2.64. The molecule has 0 atom stereocenters. The molecule has 144 valence electrons. The number of rotatable bonds is 9. The van der Waals surface area contributed by atoms with Gasteiger partial charge < -0.3 is 14.7 Å². The Hall–Kier alpha value is -2.73. The van der Waals surface area contributed by atoms with Crippen LogP contribution in [0.25, 0.3) is 11.1 Å². The van der Waals surface area contributed by atoms with E-state index in [1.54, 1.807) is 17.3 Å². The minimum Gasteiger partial charge on any atom is -0.481 e. The van der Waals surface area contributed by atoms with Crippen LogP contribution in [0.4, 0.5) is 0 Å². The van der Waals surface area contributed by atoms with E-state index in [2.05, 4.69) is 11.1 Å². The molecule has 1 amide bonds. The van der Waals surface area contributed by atoms with Gasteiger partial charge in [-0.3, -0.25) is 14.6 Å². The number of hydrogen-bond acceptors (Lipinski definition) is 4. The molecule has 27 heavy (non-hydrogen) atoms. The number of aromatic nitrogens is 1. The second-order valence-corrected chi connectivity index (χ2v) is 6.36. The van der Waals surface area contributed by atoms with Crippen molar-refractivity contribution >= 4 is 11.9 Å². The molecule has 0 aliphatic heterocycles. The Kier molecular flexibility index (Phi) is 7.49. The number of aliphatic carboxylic acids is 1.